The Morgan fingerprint density at radius 2 is 1.89 bits per heavy atom. The van der Waals surface area contributed by atoms with Crippen molar-refractivity contribution in [1.29, 1.82) is 0 Å². The quantitative estimate of drug-likeness (QED) is 0.644. The van der Waals surface area contributed by atoms with Gasteiger partial charge in [0.2, 0.25) is 0 Å². The third-order valence-electron chi connectivity index (χ3n) is 4.67. The molecule has 0 radical (unpaired) electrons. The number of nitrogens with zero attached hydrogens (tertiary/aromatic N) is 1. The van der Waals surface area contributed by atoms with Gasteiger partial charge in [-0.2, -0.15) is 0 Å². The third kappa shape index (κ3) is 3.81. The first kappa shape index (κ1) is 14.0. The van der Waals surface area contributed by atoms with Gasteiger partial charge in [0.05, 0.1) is 0 Å². The van der Waals surface area contributed by atoms with Crippen LogP contribution in [-0.4, -0.2) is 30.3 Å². The summed E-state index contributed by atoms with van der Waals surface area (Å²) in [4.78, 5) is 14.2. The average molecular weight is 251 g/mol. The van der Waals surface area contributed by atoms with Crippen LogP contribution in [0.5, 0.6) is 0 Å². The van der Waals surface area contributed by atoms with Crippen LogP contribution in [0.2, 0.25) is 0 Å². The first-order chi connectivity index (χ1) is 8.65. The molecule has 0 heterocycles. The highest BCUT2D eigenvalue weighted by Gasteiger charge is 2.38. The van der Waals surface area contributed by atoms with Gasteiger partial charge in [-0.1, -0.05) is 33.1 Å². The second kappa shape index (κ2) is 6.18. The van der Waals surface area contributed by atoms with E-state index in [1.54, 1.807) is 0 Å². The molecule has 0 saturated heterocycles. The fourth-order valence-corrected chi connectivity index (χ4v) is 3.23. The lowest BCUT2D eigenvalue weighted by atomic mass is 9.75. The monoisotopic (exact) mass is 251 g/mol. The number of rotatable bonds is 7. The number of carbonyl (C=O) groups excluding carboxylic acids is 1. The highest BCUT2D eigenvalue weighted by atomic mass is 16.1. The highest BCUT2D eigenvalue weighted by Crippen LogP contribution is 2.38. The van der Waals surface area contributed by atoms with Crippen molar-refractivity contribution in [1.82, 2.24) is 4.90 Å². The van der Waals surface area contributed by atoms with E-state index in [2.05, 4.69) is 18.7 Å². The molecule has 2 aliphatic rings. The summed E-state index contributed by atoms with van der Waals surface area (Å²) in [6.07, 6.45) is 11.3. The van der Waals surface area contributed by atoms with Crippen LogP contribution in [0, 0.1) is 11.3 Å². The van der Waals surface area contributed by atoms with Gasteiger partial charge in [0.15, 0.2) is 0 Å². The van der Waals surface area contributed by atoms with Gasteiger partial charge in [-0.25, -0.2) is 0 Å². The Morgan fingerprint density at radius 3 is 2.39 bits per heavy atom. The van der Waals surface area contributed by atoms with Crippen molar-refractivity contribution in [2.45, 2.75) is 71.3 Å². The van der Waals surface area contributed by atoms with Crippen LogP contribution in [0.3, 0.4) is 0 Å². The van der Waals surface area contributed by atoms with Crippen molar-refractivity contribution in [2.75, 3.05) is 13.1 Å². The van der Waals surface area contributed by atoms with Crippen LogP contribution in [-0.2, 0) is 4.79 Å². The topological polar surface area (TPSA) is 20.3 Å². The molecule has 2 fully saturated rings. The molecule has 2 rings (SSSR count). The maximum Gasteiger partial charge on any atom is 0.127 e. The van der Waals surface area contributed by atoms with E-state index in [4.69, 9.17) is 0 Å². The summed E-state index contributed by atoms with van der Waals surface area (Å²) in [6, 6.07) is 0.794. The summed E-state index contributed by atoms with van der Waals surface area (Å²) < 4.78 is 0. The molecule has 0 bridgehead atoms. The average Bonchev–Trinajstić information content (AvgIpc) is 3.20. The Hall–Kier alpha value is -0.370. The minimum Gasteiger partial charge on any atom is -0.303 e. The maximum absolute atomic E-state index is 11.6. The molecule has 0 aliphatic heterocycles. The van der Waals surface area contributed by atoms with Gasteiger partial charge >= 0.3 is 0 Å². The lowest BCUT2D eigenvalue weighted by Gasteiger charge is -2.37. The molecule has 2 nitrogen and oxygen atoms in total. The second-order valence-electron chi connectivity index (χ2n) is 6.93. The van der Waals surface area contributed by atoms with Gasteiger partial charge in [-0.05, 0) is 44.6 Å². The molecule has 0 amide bonds. The van der Waals surface area contributed by atoms with E-state index < -0.39 is 0 Å². The van der Waals surface area contributed by atoms with Gasteiger partial charge in [-0.15, -0.1) is 0 Å². The zero-order valence-corrected chi connectivity index (χ0v) is 12.2. The minimum absolute atomic E-state index is 0.00216. The van der Waals surface area contributed by atoms with Gasteiger partial charge in [0, 0.05) is 18.0 Å². The van der Waals surface area contributed by atoms with E-state index in [-0.39, 0.29) is 5.41 Å². The van der Waals surface area contributed by atoms with Crippen LogP contribution >= 0.6 is 0 Å². The van der Waals surface area contributed by atoms with Gasteiger partial charge in [-0.3, -0.25) is 4.90 Å². The van der Waals surface area contributed by atoms with E-state index in [9.17, 15) is 4.79 Å². The summed E-state index contributed by atoms with van der Waals surface area (Å²) in [5.41, 5.74) is -0.00216. The first-order valence-corrected chi connectivity index (χ1v) is 7.86. The van der Waals surface area contributed by atoms with Crippen molar-refractivity contribution >= 4 is 6.29 Å². The summed E-state index contributed by atoms with van der Waals surface area (Å²) in [7, 11) is 0. The lowest BCUT2D eigenvalue weighted by Crippen LogP contribution is -2.42. The summed E-state index contributed by atoms with van der Waals surface area (Å²) in [5.74, 6) is 0.768. The zero-order valence-electron chi connectivity index (χ0n) is 12.2. The molecule has 0 aromatic carbocycles. The van der Waals surface area contributed by atoms with Crippen LogP contribution in [0.15, 0.2) is 0 Å². The summed E-state index contributed by atoms with van der Waals surface area (Å²) in [6.45, 7) is 6.81. The number of aldehydes is 1. The summed E-state index contributed by atoms with van der Waals surface area (Å²) >= 11 is 0. The van der Waals surface area contributed by atoms with E-state index in [0.717, 1.165) is 31.3 Å². The standard InChI is InChI=1S/C16H29NO/c1-14(2)8-11-17(15-6-7-15)12-16(13-18)9-4-3-5-10-16/h13-15H,3-12H2,1-2H3. The molecule has 0 atom stereocenters. The molecule has 0 spiro atoms. The lowest BCUT2D eigenvalue weighted by molar-refractivity contribution is -0.119. The minimum atomic E-state index is -0.00216. The van der Waals surface area contributed by atoms with Crippen molar-refractivity contribution in [3.8, 4) is 0 Å². The number of hydrogen-bond acceptors (Lipinski definition) is 2. The Kier molecular flexibility index (Phi) is 4.83. The van der Waals surface area contributed by atoms with Gasteiger partial charge < -0.3 is 4.79 Å². The maximum atomic E-state index is 11.6. The number of carbonyl (C=O) groups is 1. The van der Waals surface area contributed by atoms with Crippen LogP contribution in [0.1, 0.15) is 65.2 Å². The number of hydrogen-bond donors (Lipinski definition) is 0. The van der Waals surface area contributed by atoms with Gasteiger partial charge in [0.1, 0.15) is 6.29 Å². The Morgan fingerprint density at radius 1 is 1.22 bits per heavy atom. The Bertz CT molecular complexity index is 264. The molecule has 2 saturated carbocycles. The van der Waals surface area contributed by atoms with Crippen molar-refractivity contribution in [3.05, 3.63) is 0 Å². The normalized spacial score (nSPS) is 23.6. The molecule has 0 N–H and O–H groups in total. The molecule has 104 valence electrons. The molecular formula is C16H29NO. The third-order valence-corrected chi connectivity index (χ3v) is 4.67. The molecule has 0 aromatic rings. The molecular weight excluding hydrogens is 222 g/mol. The second-order valence-corrected chi connectivity index (χ2v) is 6.93. The predicted molar refractivity (Wildman–Crippen MR) is 75.6 cm³/mol. The fraction of sp³-hybridized carbons (Fsp3) is 0.938. The van der Waals surface area contributed by atoms with Crippen molar-refractivity contribution in [3.63, 3.8) is 0 Å². The van der Waals surface area contributed by atoms with Gasteiger partial charge in [0.25, 0.3) is 0 Å². The highest BCUT2D eigenvalue weighted by molar-refractivity contribution is 5.60. The van der Waals surface area contributed by atoms with E-state index in [1.807, 2.05) is 0 Å². The largest absolute Gasteiger partial charge is 0.303 e. The van der Waals surface area contributed by atoms with E-state index in [1.165, 1.54) is 51.4 Å². The molecule has 18 heavy (non-hydrogen) atoms. The predicted octanol–water partition coefficient (Wildman–Crippen LogP) is 3.65. The summed E-state index contributed by atoms with van der Waals surface area (Å²) in [5, 5.41) is 0. The smallest absolute Gasteiger partial charge is 0.127 e. The van der Waals surface area contributed by atoms with Crippen molar-refractivity contribution in [2.24, 2.45) is 11.3 Å². The van der Waals surface area contributed by atoms with E-state index in [0.29, 0.717) is 0 Å². The molecule has 2 heteroatoms. The zero-order chi connectivity index (χ0) is 13.0. The van der Waals surface area contributed by atoms with Crippen molar-refractivity contribution < 1.29 is 4.79 Å². The van der Waals surface area contributed by atoms with Crippen LogP contribution in [0.25, 0.3) is 0 Å². The Labute approximate surface area is 112 Å². The van der Waals surface area contributed by atoms with Crippen LogP contribution < -0.4 is 0 Å². The molecule has 0 unspecified atom stereocenters. The molecule has 2 aliphatic carbocycles. The first-order valence-electron chi connectivity index (χ1n) is 7.86. The van der Waals surface area contributed by atoms with Crippen LogP contribution in [0.4, 0.5) is 0 Å². The SMILES string of the molecule is CC(C)CCN(CC1(C=O)CCCCC1)C1CC1. The fourth-order valence-electron chi connectivity index (χ4n) is 3.23. The Balaban J connectivity index is 1.91. The van der Waals surface area contributed by atoms with E-state index >= 15 is 0 Å². The molecule has 0 aromatic heterocycles.